The Balaban J connectivity index is 0.00000529. The van der Waals surface area contributed by atoms with Crippen LogP contribution < -0.4 is 16.0 Å². The average molecular weight is 453 g/mol. The highest BCUT2D eigenvalue weighted by atomic mass is 127. The molecule has 0 bridgehead atoms. The van der Waals surface area contributed by atoms with E-state index < -0.39 is 0 Å². The van der Waals surface area contributed by atoms with Crippen LogP contribution in [0.4, 0.5) is 0 Å². The number of aliphatic imine (C=N–C) groups is 1. The summed E-state index contributed by atoms with van der Waals surface area (Å²) < 4.78 is 0. The minimum absolute atomic E-state index is 0. The van der Waals surface area contributed by atoms with Crippen molar-refractivity contribution in [3.63, 3.8) is 0 Å². The maximum Gasteiger partial charge on any atom is 0.222 e. The molecule has 0 spiro atoms. The average Bonchev–Trinajstić information content (AvgIpc) is 3.01. The Kier molecular flexibility index (Phi) is 11.8. The van der Waals surface area contributed by atoms with E-state index in [4.69, 9.17) is 0 Å². The molecule has 0 aliphatic carbocycles. The third kappa shape index (κ3) is 8.16. The van der Waals surface area contributed by atoms with E-state index in [9.17, 15) is 9.59 Å². The van der Waals surface area contributed by atoms with Gasteiger partial charge in [0, 0.05) is 51.6 Å². The number of hydrogen-bond acceptors (Lipinski definition) is 3. The second-order valence-corrected chi connectivity index (χ2v) is 5.95. The van der Waals surface area contributed by atoms with Crippen molar-refractivity contribution in [3.8, 4) is 0 Å². The first kappa shape index (κ1) is 22.9. The van der Waals surface area contributed by atoms with Gasteiger partial charge in [-0.05, 0) is 19.8 Å². The van der Waals surface area contributed by atoms with Crippen LogP contribution in [-0.2, 0) is 9.59 Å². The van der Waals surface area contributed by atoms with Crippen LogP contribution in [0.5, 0.6) is 0 Å². The second-order valence-electron chi connectivity index (χ2n) is 5.95. The normalized spacial score (nSPS) is 18.6. The van der Waals surface area contributed by atoms with Crippen LogP contribution >= 0.6 is 24.0 Å². The van der Waals surface area contributed by atoms with Gasteiger partial charge < -0.3 is 20.9 Å². The Morgan fingerprint density at radius 1 is 1.33 bits per heavy atom. The number of nitrogens with one attached hydrogen (secondary N) is 3. The van der Waals surface area contributed by atoms with Crippen molar-refractivity contribution in [1.29, 1.82) is 0 Å². The SMILES string of the molecule is CCC(=O)N1CCC(NC(=NC)NCCC(=O)NC(C)CC)C1.I. The van der Waals surface area contributed by atoms with Crippen molar-refractivity contribution >= 4 is 41.8 Å². The highest BCUT2D eigenvalue weighted by Crippen LogP contribution is 2.10. The quantitative estimate of drug-likeness (QED) is 0.306. The number of hydrogen-bond donors (Lipinski definition) is 3. The van der Waals surface area contributed by atoms with Crippen LogP contribution in [0.3, 0.4) is 0 Å². The zero-order chi connectivity index (χ0) is 17.2. The molecule has 0 saturated carbocycles. The second kappa shape index (κ2) is 12.3. The van der Waals surface area contributed by atoms with Crippen molar-refractivity contribution in [1.82, 2.24) is 20.9 Å². The fraction of sp³-hybridized carbons (Fsp3) is 0.812. The number of carbonyl (C=O) groups is 2. The van der Waals surface area contributed by atoms with Gasteiger partial charge in [0.2, 0.25) is 11.8 Å². The molecular weight excluding hydrogens is 421 g/mol. The summed E-state index contributed by atoms with van der Waals surface area (Å²) in [6.45, 7) is 7.96. The summed E-state index contributed by atoms with van der Waals surface area (Å²) in [5.41, 5.74) is 0. The zero-order valence-electron chi connectivity index (χ0n) is 15.2. The zero-order valence-corrected chi connectivity index (χ0v) is 17.6. The van der Waals surface area contributed by atoms with E-state index in [-0.39, 0.29) is 47.9 Å². The van der Waals surface area contributed by atoms with E-state index in [1.54, 1.807) is 7.05 Å². The molecule has 1 saturated heterocycles. The summed E-state index contributed by atoms with van der Waals surface area (Å²) in [7, 11) is 1.71. The Morgan fingerprint density at radius 3 is 2.62 bits per heavy atom. The topological polar surface area (TPSA) is 85.8 Å². The molecule has 140 valence electrons. The van der Waals surface area contributed by atoms with E-state index in [1.807, 2.05) is 25.7 Å². The Labute approximate surface area is 162 Å². The Morgan fingerprint density at radius 2 is 2.04 bits per heavy atom. The molecule has 0 aromatic carbocycles. The monoisotopic (exact) mass is 453 g/mol. The minimum atomic E-state index is 0. The fourth-order valence-electron chi connectivity index (χ4n) is 2.46. The lowest BCUT2D eigenvalue weighted by atomic mass is 10.2. The highest BCUT2D eigenvalue weighted by Gasteiger charge is 2.25. The molecule has 24 heavy (non-hydrogen) atoms. The summed E-state index contributed by atoms with van der Waals surface area (Å²) >= 11 is 0. The number of nitrogens with zero attached hydrogens (tertiary/aromatic N) is 2. The molecule has 0 aromatic heterocycles. The molecule has 1 aliphatic rings. The Hall–Kier alpha value is -1.06. The number of amides is 2. The van der Waals surface area contributed by atoms with E-state index in [0.717, 1.165) is 19.4 Å². The summed E-state index contributed by atoms with van der Waals surface area (Å²) in [5, 5.41) is 9.40. The van der Waals surface area contributed by atoms with Crippen molar-refractivity contribution in [2.24, 2.45) is 4.99 Å². The molecule has 8 heteroatoms. The van der Waals surface area contributed by atoms with Gasteiger partial charge in [-0.15, -0.1) is 24.0 Å². The van der Waals surface area contributed by atoms with Gasteiger partial charge in [-0.3, -0.25) is 14.6 Å². The van der Waals surface area contributed by atoms with Gasteiger partial charge in [0.15, 0.2) is 5.96 Å². The van der Waals surface area contributed by atoms with E-state index in [0.29, 0.717) is 31.9 Å². The van der Waals surface area contributed by atoms with Gasteiger partial charge in [0.05, 0.1) is 0 Å². The number of rotatable bonds is 7. The fourth-order valence-corrected chi connectivity index (χ4v) is 2.46. The molecule has 0 radical (unpaired) electrons. The van der Waals surface area contributed by atoms with Gasteiger partial charge in [-0.1, -0.05) is 13.8 Å². The summed E-state index contributed by atoms with van der Waals surface area (Å²) in [6.07, 6.45) is 2.80. The van der Waals surface area contributed by atoms with Crippen LogP contribution in [0.2, 0.25) is 0 Å². The van der Waals surface area contributed by atoms with Gasteiger partial charge in [-0.25, -0.2) is 0 Å². The summed E-state index contributed by atoms with van der Waals surface area (Å²) in [4.78, 5) is 29.5. The van der Waals surface area contributed by atoms with Gasteiger partial charge in [0.1, 0.15) is 0 Å². The molecule has 1 aliphatic heterocycles. The van der Waals surface area contributed by atoms with Crippen LogP contribution in [0.15, 0.2) is 4.99 Å². The number of guanidine groups is 1. The largest absolute Gasteiger partial charge is 0.356 e. The molecule has 3 N–H and O–H groups in total. The Bertz CT molecular complexity index is 431. The molecule has 7 nitrogen and oxygen atoms in total. The minimum Gasteiger partial charge on any atom is -0.356 e. The molecule has 0 aromatic rings. The van der Waals surface area contributed by atoms with Gasteiger partial charge >= 0.3 is 0 Å². The van der Waals surface area contributed by atoms with Crippen molar-refractivity contribution in [3.05, 3.63) is 0 Å². The van der Waals surface area contributed by atoms with Crippen LogP contribution in [0.1, 0.15) is 46.5 Å². The molecule has 2 atom stereocenters. The third-order valence-electron chi connectivity index (χ3n) is 4.07. The first-order valence-electron chi connectivity index (χ1n) is 8.54. The molecule has 2 unspecified atom stereocenters. The van der Waals surface area contributed by atoms with Crippen LogP contribution in [0, 0.1) is 0 Å². The van der Waals surface area contributed by atoms with Crippen molar-refractivity contribution in [2.75, 3.05) is 26.7 Å². The van der Waals surface area contributed by atoms with E-state index >= 15 is 0 Å². The van der Waals surface area contributed by atoms with Gasteiger partial charge in [-0.2, -0.15) is 0 Å². The highest BCUT2D eigenvalue weighted by molar-refractivity contribution is 14.0. The molecule has 1 heterocycles. The third-order valence-corrected chi connectivity index (χ3v) is 4.07. The number of halogens is 1. The molecule has 2 amide bonds. The molecular formula is C16H32IN5O2. The maximum atomic E-state index is 11.7. The van der Waals surface area contributed by atoms with Gasteiger partial charge in [0.25, 0.3) is 0 Å². The lowest BCUT2D eigenvalue weighted by molar-refractivity contribution is -0.129. The lowest BCUT2D eigenvalue weighted by Crippen LogP contribution is -2.46. The van der Waals surface area contributed by atoms with E-state index in [2.05, 4.69) is 20.9 Å². The number of carbonyl (C=O) groups excluding carboxylic acids is 2. The maximum absolute atomic E-state index is 11.7. The standard InChI is InChI=1S/C16H31N5O2.HI/c1-5-12(3)19-14(22)7-9-18-16(17-4)20-13-8-10-21(11-13)15(23)6-2;/h12-13H,5-11H2,1-4H3,(H,19,22)(H2,17,18,20);1H. The predicted octanol–water partition coefficient (Wildman–Crippen LogP) is 1.09. The summed E-state index contributed by atoms with van der Waals surface area (Å²) in [5.74, 6) is 0.916. The van der Waals surface area contributed by atoms with Crippen LogP contribution in [0.25, 0.3) is 0 Å². The molecule has 1 fully saturated rings. The van der Waals surface area contributed by atoms with Crippen molar-refractivity contribution < 1.29 is 9.59 Å². The first-order valence-corrected chi connectivity index (χ1v) is 8.54. The van der Waals surface area contributed by atoms with E-state index in [1.165, 1.54) is 0 Å². The predicted molar refractivity (Wildman–Crippen MR) is 108 cm³/mol. The van der Waals surface area contributed by atoms with Crippen molar-refractivity contribution in [2.45, 2.75) is 58.5 Å². The number of likely N-dealkylation sites (tertiary alicyclic amines) is 1. The summed E-state index contributed by atoms with van der Waals surface area (Å²) in [6, 6.07) is 0.422. The molecule has 1 rings (SSSR count). The smallest absolute Gasteiger partial charge is 0.222 e. The van der Waals surface area contributed by atoms with Crippen LogP contribution in [-0.4, -0.2) is 61.4 Å². The first-order chi connectivity index (χ1) is 11.0. The lowest BCUT2D eigenvalue weighted by Gasteiger charge is -2.19.